The predicted molar refractivity (Wildman–Crippen MR) is 63.4 cm³/mol. The number of rotatable bonds is 2. The molecular weight excluding hydrogens is 319 g/mol. The average molecular weight is 326 g/mol. The first-order chi connectivity index (χ1) is 8.60. The number of hydrogen-bond donors (Lipinski definition) is 2. The molecule has 0 aliphatic heterocycles. The Kier molecular flexibility index (Phi) is 4.87. The topological polar surface area (TPSA) is 132 Å². The SMILES string of the molecule is O=S(=O)([O-])c1cc(S(=O)(=O)O)c2cccc(O)c2c1.[Na+]. The van der Waals surface area contributed by atoms with Crippen LogP contribution in [0.1, 0.15) is 0 Å². The van der Waals surface area contributed by atoms with E-state index < -0.39 is 35.8 Å². The van der Waals surface area contributed by atoms with Crippen LogP contribution in [0.25, 0.3) is 10.8 Å². The summed E-state index contributed by atoms with van der Waals surface area (Å²) in [7, 11) is -9.67. The standard InChI is InChI=1S/C10H8O7S2.Na/c11-9-3-1-2-7-8(9)4-6(18(12,13)14)5-10(7)19(15,16)17;/h1-5,11H,(H,12,13,14)(H,15,16,17);/q;+1/p-1. The van der Waals surface area contributed by atoms with Crippen molar-refractivity contribution >= 4 is 31.0 Å². The Morgan fingerprint density at radius 1 is 1.00 bits per heavy atom. The second-order valence-electron chi connectivity index (χ2n) is 3.72. The summed E-state index contributed by atoms with van der Waals surface area (Å²) in [5, 5.41) is 9.33. The summed E-state index contributed by atoms with van der Waals surface area (Å²) in [6.07, 6.45) is 0. The fourth-order valence-corrected chi connectivity index (χ4v) is 3.00. The summed E-state index contributed by atoms with van der Waals surface area (Å²) < 4.78 is 64.4. The third-order valence-corrected chi connectivity index (χ3v) is 4.18. The first kappa shape index (κ1) is 17.4. The van der Waals surface area contributed by atoms with Gasteiger partial charge < -0.3 is 9.66 Å². The molecule has 0 fully saturated rings. The molecule has 0 heterocycles. The van der Waals surface area contributed by atoms with E-state index in [0.717, 1.165) is 6.07 Å². The van der Waals surface area contributed by atoms with Crippen LogP contribution >= 0.6 is 0 Å². The Bertz CT molecular complexity index is 872. The molecular formula is C10H7NaO7S2. The van der Waals surface area contributed by atoms with Gasteiger partial charge in [0.1, 0.15) is 20.8 Å². The molecule has 0 saturated heterocycles. The van der Waals surface area contributed by atoms with Gasteiger partial charge in [0.15, 0.2) is 0 Å². The number of hydrogen-bond acceptors (Lipinski definition) is 6. The van der Waals surface area contributed by atoms with Crippen molar-refractivity contribution in [1.29, 1.82) is 0 Å². The van der Waals surface area contributed by atoms with E-state index in [2.05, 4.69) is 0 Å². The van der Waals surface area contributed by atoms with Gasteiger partial charge in [-0.2, -0.15) is 8.42 Å². The van der Waals surface area contributed by atoms with Crippen LogP contribution in [0.3, 0.4) is 0 Å². The summed E-state index contributed by atoms with van der Waals surface area (Å²) in [6.45, 7) is 0. The minimum absolute atomic E-state index is 0. The molecule has 2 aromatic carbocycles. The Balaban J connectivity index is 0.00000200. The van der Waals surface area contributed by atoms with E-state index in [-0.39, 0.29) is 40.3 Å². The molecule has 0 spiro atoms. The van der Waals surface area contributed by atoms with Crippen molar-refractivity contribution in [1.82, 2.24) is 0 Å². The van der Waals surface area contributed by atoms with Gasteiger partial charge in [0.25, 0.3) is 10.1 Å². The molecule has 0 bridgehead atoms. The number of phenolic OH excluding ortho intramolecular Hbond substituents is 1. The number of fused-ring (bicyclic) bond motifs is 1. The first-order valence-electron chi connectivity index (χ1n) is 4.80. The van der Waals surface area contributed by atoms with Crippen LogP contribution in [0.15, 0.2) is 40.1 Å². The Morgan fingerprint density at radius 3 is 2.10 bits per heavy atom. The van der Waals surface area contributed by atoms with Crippen LogP contribution in [0.4, 0.5) is 0 Å². The van der Waals surface area contributed by atoms with E-state index in [1.54, 1.807) is 0 Å². The van der Waals surface area contributed by atoms with Crippen LogP contribution < -0.4 is 29.6 Å². The fraction of sp³-hybridized carbons (Fsp3) is 0. The molecule has 20 heavy (non-hydrogen) atoms. The molecule has 7 nitrogen and oxygen atoms in total. The zero-order valence-electron chi connectivity index (χ0n) is 10.1. The molecule has 0 saturated carbocycles. The molecule has 0 radical (unpaired) electrons. The van der Waals surface area contributed by atoms with Crippen molar-refractivity contribution in [3.05, 3.63) is 30.3 Å². The summed E-state index contributed by atoms with van der Waals surface area (Å²) in [4.78, 5) is -1.61. The molecule has 0 aromatic heterocycles. The molecule has 0 aliphatic carbocycles. The molecule has 0 atom stereocenters. The van der Waals surface area contributed by atoms with Gasteiger partial charge in [0, 0.05) is 10.8 Å². The summed E-state index contributed by atoms with van der Waals surface area (Å²) in [5.41, 5.74) is 0. The van der Waals surface area contributed by atoms with Gasteiger partial charge in [0.2, 0.25) is 0 Å². The number of aromatic hydroxyl groups is 1. The van der Waals surface area contributed by atoms with Crippen molar-refractivity contribution in [2.75, 3.05) is 0 Å². The van der Waals surface area contributed by atoms with Gasteiger partial charge in [-0.3, -0.25) is 4.55 Å². The van der Waals surface area contributed by atoms with Crippen LogP contribution in [-0.2, 0) is 20.2 Å². The quantitative estimate of drug-likeness (QED) is 0.468. The van der Waals surface area contributed by atoms with E-state index in [0.29, 0.717) is 6.07 Å². The van der Waals surface area contributed by atoms with Crippen LogP contribution in [0.2, 0.25) is 0 Å². The van der Waals surface area contributed by atoms with Gasteiger partial charge in [0.05, 0.1) is 4.90 Å². The van der Waals surface area contributed by atoms with Gasteiger partial charge >= 0.3 is 29.6 Å². The maximum Gasteiger partial charge on any atom is 1.00 e. The van der Waals surface area contributed by atoms with E-state index in [1.807, 2.05) is 0 Å². The number of phenols is 1. The molecule has 0 unspecified atom stereocenters. The van der Waals surface area contributed by atoms with Crippen molar-refractivity contribution in [2.45, 2.75) is 9.79 Å². The minimum atomic E-state index is -4.93. The summed E-state index contributed by atoms with van der Waals surface area (Å²) in [5.74, 6) is -0.409. The smallest absolute Gasteiger partial charge is 0.744 e. The monoisotopic (exact) mass is 326 g/mol. The molecule has 2 aromatic rings. The molecule has 102 valence electrons. The van der Waals surface area contributed by atoms with E-state index in [9.17, 15) is 26.5 Å². The second kappa shape index (κ2) is 5.60. The van der Waals surface area contributed by atoms with Gasteiger partial charge in [-0.25, -0.2) is 8.42 Å². The summed E-state index contributed by atoms with van der Waals surface area (Å²) >= 11 is 0. The largest absolute Gasteiger partial charge is 1.00 e. The average Bonchev–Trinajstić information content (AvgIpc) is 2.25. The maximum atomic E-state index is 11.2. The van der Waals surface area contributed by atoms with E-state index >= 15 is 0 Å². The molecule has 0 aliphatic rings. The van der Waals surface area contributed by atoms with Crippen molar-refractivity contribution < 1.29 is 60.6 Å². The zero-order chi connectivity index (χ0) is 14.4. The normalized spacial score (nSPS) is 12.1. The van der Waals surface area contributed by atoms with Gasteiger partial charge in [-0.05, 0) is 18.2 Å². The first-order valence-corrected chi connectivity index (χ1v) is 7.64. The Labute approximate surface area is 137 Å². The minimum Gasteiger partial charge on any atom is -0.744 e. The predicted octanol–water partition coefficient (Wildman–Crippen LogP) is -2.30. The molecule has 10 heteroatoms. The molecule has 0 amide bonds. The van der Waals surface area contributed by atoms with Crippen molar-refractivity contribution in [3.8, 4) is 5.75 Å². The second-order valence-corrected chi connectivity index (χ2v) is 6.49. The van der Waals surface area contributed by atoms with Crippen LogP contribution in [0, 0.1) is 0 Å². The Hall–Kier alpha value is -0.680. The van der Waals surface area contributed by atoms with Crippen molar-refractivity contribution in [3.63, 3.8) is 0 Å². The van der Waals surface area contributed by atoms with Crippen molar-refractivity contribution in [2.24, 2.45) is 0 Å². The Morgan fingerprint density at radius 2 is 1.60 bits per heavy atom. The van der Waals surface area contributed by atoms with E-state index in [1.165, 1.54) is 18.2 Å². The third kappa shape index (κ3) is 3.31. The maximum absolute atomic E-state index is 11.2. The van der Waals surface area contributed by atoms with E-state index in [4.69, 9.17) is 4.55 Å². The van der Waals surface area contributed by atoms with Gasteiger partial charge in [-0.15, -0.1) is 0 Å². The van der Waals surface area contributed by atoms with Crippen LogP contribution in [-0.4, -0.2) is 31.0 Å². The summed E-state index contributed by atoms with van der Waals surface area (Å²) in [6, 6.07) is 5.18. The zero-order valence-corrected chi connectivity index (χ0v) is 13.8. The number of benzene rings is 2. The molecule has 2 N–H and O–H groups in total. The van der Waals surface area contributed by atoms with Crippen LogP contribution in [0.5, 0.6) is 5.75 Å². The third-order valence-electron chi connectivity index (χ3n) is 2.48. The fourth-order valence-electron chi connectivity index (χ4n) is 1.67. The van der Waals surface area contributed by atoms with Gasteiger partial charge in [-0.1, -0.05) is 12.1 Å². The molecule has 2 rings (SSSR count).